The van der Waals surface area contributed by atoms with E-state index in [1.807, 2.05) is 0 Å². The maximum atomic E-state index is 13.6. The monoisotopic (exact) mass is 225 g/mol. The van der Waals surface area contributed by atoms with Crippen molar-refractivity contribution in [2.45, 2.75) is 31.7 Å². The highest BCUT2D eigenvalue weighted by molar-refractivity contribution is 5.22. The summed E-state index contributed by atoms with van der Waals surface area (Å²) in [5, 5.41) is 3.08. The summed E-state index contributed by atoms with van der Waals surface area (Å²) in [7, 11) is 1.80. The molecule has 16 heavy (non-hydrogen) atoms. The molecule has 1 atom stereocenters. The molecule has 1 nitrogen and oxygen atoms in total. The van der Waals surface area contributed by atoms with Crippen molar-refractivity contribution >= 4 is 0 Å². The van der Waals surface area contributed by atoms with Crippen LogP contribution in [0.2, 0.25) is 0 Å². The van der Waals surface area contributed by atoms with Crippen LogP contribution < -0.4 is 5.32 Å². The Bertz CT molecular complexity index is 361. The maximum absolute atomic E-state index is 13.6. The third kappa shape index (κ3) is 2.40. The number of hydrogen-bond acceptors (Lipinski definition) is 1. The summed E-state index contributed by atoms with van der Waals surface area (Å²) < 4.78 is 26.7. The van der Waals surface area contributed by atoms with E-state index in [2.05, 4.69) is 5.32 Å². The van der Waals surface area contributed by atoms with Gasteiger partial charge < -0.3 is 5.32 Å². The molecule has 3 heteroatoms. The fraction of sp³-hybridized carbons (Fsp3) is 0.538. The molecular formula is C13H17F2N. The van der Waals surface area contributed by atoms with Crippen LogP contribution in [0, 0.1) is 17.6 Å². The second-order valence-electron chi connectivity index (χ2n) is 4.54. The van der Waals surface area contributed by atoms with Crippen LogP contribution in [-0.2, 0) is 0 Å². The van der Waals surface area contributed by atoms with Crippen LogP contribution in [0.4, 0.5) is 8.78 Å². The van der Waals surface area contributed by atoms with E-state index < -0.39 is 0 Å². The van der Waals surface area contributed by atoms with Crippen LogP contribution in [0.15, 0.2) is 18.2 Å². The van der Waals surface area contributed by atoms with Gasteiger partial charge in [0.1, 0.15) is 11.6 Å². The number of hydrogen-bond donors (Lipinski definition) is 1. The zero-order valence-electron chi connectivity index (χ0n) is 9.47. The van der Waals surface area contributed by atoms with Gasteiger partial charge in [-0.1, -0.05) is 19.3 Å². The fourth-order valence-electron chi connectivity index (χ4n) is 2.24. The van der Waals surface area contributed by atoms with Gasteiger partial charge in [-0.05, 0) is 37.6 Å². The quantitative estimate of drug-likeness (QED) is 0.828. The Hall–Kier alpha value is -0.960. The smallest absolute Gasteiger partial charge is 0.128 e. The molecule has 0 amide bonds. The van der Waals surface area contributed by atoms with Crippen LogP contribution in [0.1, 0.15) is 37.3 Å². The Morgan fingerprint density at radius 1 is 1.38 bits per heavy atom. The van der Waals surface area contributed by atoms with Gasteiger partial charge in [0, 0.05) is 11.6 Å². The molecule has 0 spiro atoms. The van der Waals surface area contributed by atoms with Crippen molar-refractivity contribution in [2.24, 2.45) is 5.92 Å². The Labute approximate surface area is 94.9 Å². The lowest BCUT2D eigenvalue weighted by atomic mass is 9.79. The molecule has 2 rings (SSSR count). The molecule has 1 fully saturated rings. The molecular weight excluding hydrogens is 208 g/mol. The van der Waals surface area contributed by atoms with E-state index in [0.717, 1.165) is 12.5 Å². The summed E-state index contributed by atoms with van der Waals surface area (Å²) >= 11 is 0. The van der Waals surface area contributed by atoms with Gasteiger partial charge in [-0.25, -0.2) is 8.78 Å². The highest BCUT2D eigenvalue weighted by Gasteiger charge is 2.24. The highest BCUT2D eigenvalue weighted by Crippen LogP contribution is 2.35. The van der Waals surface area contributed by atoms with Crippen molar-refractivity contribution in [3.63, 3.8) is 0 Å². The van der Waals surface area contributed by atoms with E-state index in [1.54, 1.807) is 7.05 Å². The largest absolute Gasteiger partial charge is 0.313 e. The fourth-order valence-corrected chi connectivity index (χ4v) is 2.24. The molecule has 0 aromatic heterocycles. The van der Waals surface area contributed by atoms with Crippen LogP contribution in [0.25, 0.3) is 0 Å². The van der Waals surface area contributed by atoms with Gasteiger partial charge in [-0.15, -0.1) is 0 Å². The summed E-state index contributed by atoms with van der Waals surface area (Å²) in [4.78, 5) is 0. The molecule has 1 N–H and O–H groups in total. The molecule has 0 aliphatic heterocycles. The van der Waals surface area contributed by atoms with Crippen LogP contribution in [-0.4, -0.2) is 7.05 Å². The molecule has 1 unspecified atom stereocenters. The number of benzene rings is 1. The lowest BCUT2D eigenvalue weighted by molar-refractivity contribution is 0.263. The summed E-state index contributed by atoms with van der Waals surface area (Å²) in [5.41, 5.74) is 0.453. The van der Waals surface area contributed by atoms with Crippen molar-refractivity contribution in [3.8, 4) is 0 Å². The molecule has 1 aliphatic carbocycles. The molecule has 88 valence electrons. The van der Waals surface area contributed by atoms with Gasteiger partial charge >= 0.3 is 0 Å². The normalized spacial score (nSPS) is 18.2. The summed E-state index contributed by atoms with van der Waals surface area (Å²) in [6, 6.07) is 3.60. The predicted octanol–water partition coefficient (Wildman–Crippen LogP) is 3.42. The van der Waals surface area contributed by atoms with E-state index in [-0.39, 0.29) is 17.7 Å². The summed E-state index contributed by atoms with van der Waals surface area (Å²) in [5.74, 6) is -0.0227. The molecule has 1 aromatic carbocycles. The van der Waals surface area contributed by atoms with E-state index >= 15 is 0 Å². The summed E-state index contributed by atoms with van der Waals surface area (Å²) in [6.45, 7) is 0. The molecule has 1 aliphatic rings. The van der Waals surface area contributed by atoms with Crippen molar-refractivity contribution in [3.05, 3.63) is 35.4 Å². The van der Waals surface area contributed by atoms with Crippen LogP contribution in [0.3, 0.4) is 0 Å². The zero-order valence-corrected chi connectivity index (χ0v) is 9.47. The zero-order chi connectivity index (χ0) is 11.5. The van der Waals surface area contributed by atoms with E-state index in [1.165, 1.54) is 31.4 Å². The SMILES string of the molecule is CNC(CC1CCC1)c1cc(F)ccc1F. The molecule has 0 bridgehead atoms. The number of halogens is 2. The second kappa shape index (κ2) is 4.91. The van der Waals surface area contributed by atoms with E-state index in [4.69, 9.17) is 0 Å². The lowest BCUT2D eigenvalue weighted by Crippen LogP contribution is -2.24. The van der Waals surface area contributed by atoms with Crippen molar-refractivity contribution in [2.75, 3.05) is 7.05 Å². The van der Waals surface area contributed by atoms with Crippen LogP contribution in [0.5, 0.6) is 0 Å². The Morgan fingerprint density at radius 3 is 2.69 bits per heavy atom. The first-order valence-electron chi connectivity index (χ1n) is 5.83. The standard InChI is InChI=1S/C13H17F2N/c1-16-13(7-9-3-2-4-9)11-8-10(14)5-6-12(11)15/h5-6,8-9,13,16H,2-4,7H2,1H3. The number of nitrogens with one attached hydrogen (secondary N) is 1. The molecule has 1 aromatic rings. The van der Waals surface area contributed by atoms with E-state index in [9.17, 15) is 8.78 Å². The maximum Gasteiger partial charge on any atom is 0.128 e. The second-order valence-corrected chi connectivity index (χ2v) is 4.54. The summed E-state index contributed by atoms with van der Waals surface area (Å²) in [6.07, 6.45) is 4.60. The van der Waals surface area contributed by atoms with Gasteiger partial charge in [-0.2, -0.15) is 0 Å². The van der Waals surface area contributed by atoms with Crippen LogP contribution >= 0.6 is 0 Å². The van der Waals surface area contributed by atoms with E-state index in [0.29, 0.717) is 11.5 Å². The van der Waals surface area contributed by atoms with Crippen molar-refractivity contribution < 1.29 is 8.78 Å². The minimum Gasteiger partial charge on any atom is -0.313 e. The van der Waals surface area contributed by atoms with Gasteiger partial charge in [0.05, 0.1) is 0 Å². The average Bonchev–Trinajstić information content (AvgIpc) is 2.21. The third-order valence-electron chi connectivity index (χ3n) is 3.48. The number of rotatable bonds is 4. The molecule has 1 saturated carbocycles. The van der Waals surface area contributed by atoms with Gasteiger partial charge in [0.15, 0.2) is 0 Å². The first-order chi connectivity index (χ1) is 7.70. The average molecular weight is 225 g/mol. The van der Waals surface area contributed by atoms with Gasteiger partial charge in [0.25, 0.3) is 0 Å². The Morgan fingerprint density at radius 2 is 2.12 bits per heavy atom. The predicted molar refractivity (Wildman–Crippen MR) is 60.1 cm³/mol. The molecule has 0 radical (unpaired) electrons. The minimum absolute atomic E-state index is 0.0685. The highest BCUT2D eigenvalue weighted by atomic mass is 19.1. The molecule has 0 saturated heterocycles. The lowest BCUT2D eigenvalue weighted by Gasteiger charge is -2.29. The third-order valence-corrected chi connectivity index (χ3v) is 3.48. The minimum atomic E-state index is -0.370. The first kappa shape index (κ1) is 11.5. The van der Waals surface area contributed by atoms with Gasteiger partial charge in [-0.3, -0.25) is 0 Å². The molecule has 0 heterocycles. The van der Waals surface area contributed by atoms with Crippen molar-refractivity contribution in [1.29, 1.82) is 0 Å². The van der Waals surface area contributed by atoms with Crippen molar-refractivity contribution in [1.82, 2.24) is 5.32 Å². The Balaban J connectivity index is 2.14. The van der Waals surface area contributed by atoms with Gasteiger partial charge in [0.2, 0.25) is 0 Å². The topological polar surface area (TPSA) is 12.0 Å². The Kier molecular flexibility index (Phi) is 3.54. The first-order valence-corrected chi connectivity index (χ1v) is 5.83.